The monoisotopic (exact) mass is 501 g/mol. The molecule has 10 heteroatoms. The molecule has 1 aliphatic heterocycles. The average molecular weight is 502 g/mol. The molecule has 0 saturated carbocycles. The molecule has 0 aliphatic carbocycles. The summed E-state index contributed by atoms with van der Waals surface area (Å²) in [5.74, 6) is 0.919. The number of carbonyl (C=O) groups excluding carboxylic acids is 2. The van der Waals surface area contributed by atoms with Crippen molar-refractivity contribution in [2.24, 2.45) is 0 Å². The van der Waals surface area contributed by atoms with E-state index in [1.807, 2.05) is 73.7 Å². The van der Waals surface area contributed by atoms with Gasteiger partial charge in [-0.15, -0.1) is 10.2 Å². The van der Waals surface area contributed by atoms with Crippen LogP contribution in [0.15, 0.2) is 72.8 Å². The highest BCUT2D eigenvalue weighted by Crippen LogP contribution is 2.37. The number of hydrogen-bond donors (Lipinski definition) is 3. The van der Waals surface area contributed by atoms with Crippen LogP contribution in [0.1, 0.15) is 11.1 Å². The van der Waals surface area contributed by atoms with Gasteiger partial charge < -0.3 is 20.1 Å². The number of carbonyl (C=O) groups is 2. The highest BCUT2D eigenvalue weighted by Gasteiger charge is 2.23. The standard InChI is InChI=1S/C26H23N5O4S/c1-16-6-5-9-19(12-16)27-25(33)28-20(13-17-7-3-2-4-8-17)23(32)29-26-31-30-24(36-26)18-10-11-21-22(14-18)35-15-34-21/h2-12,14,20H,13,15H2,1H3,(H2,27,28,33)(H,29,31,32). The Balaban J connectivity index is 1.29. The Morgan fingerprint density at radius 1 is 0.944 bits per heavy atom. The Hall–Kier alpha value is -4.44. The van der Waals surface area contributed by atoms with Crippen molar-refractivity contribution >= 4 is 34.1 Å². The quantitative estimate of drug-likeness (QED) is 0.341. The second kappa shape index (κ2) is 10.4. The van der Waals surface area contributed by atoms with Crippen molar-refractivity contribution in [1.82, 2.24) is 15.5 Å². The van der Waals surface area contributed by atoms with E-state index < -0.39 is 18.0 Å². The molecule has 3 N–H and O–H groups in total. The fourth-order valence-corrected chi connectivity index (χ4v) is 4.46. The maximum atomic E-state index is 13.2. The Morgan fingerprint density at radius 3 is 2.61 bits per heavy atom. The minimum atomic E-state index is -0.838. The van der Waals surface area contributed by atoms with Crippen LogP contribution in [0.4, 0.5) is 15.6 Å². The van der Waals surface area contributed by atoms with Gasteiger partial charge in [-0.25, -0.2) is 4.79 Å². The van der Waals surface area contributed by atoms with E-state index in [-0.39, 0.29) is 6.79 Å². The highest BCUT2D eigenvalue weighted by atomic mass is 32.1. The molecule has 5 rings (SSSR count). The minimum absolute atomic E-state index is 0.184. The molecular formula is C26H23N5O4S. The van der Waals surface area contributed by atoms with Gasteiger partial charge in [0.1, 0.15) is 11.0 Å². The molecule has 3 amide bonds. The number of nitrogens with zero attached hydrogens (tertiary/aromatic N) is 2. The lowest BCUT2D eigenvalue weighted by molar-refractivity contribution is -0.117. The van der Waals surface area contributed by atoms with E-state index in [0.29, 0.717) is 33.7 Å². The SMILES string of the molecule is Cc1cccc(NC(=O)NC(Cc2ccccc2)C(=O)Nc2nnc(-c3ccc4c(c3)OCO4)s2)c1. The number of aromatic nitrogens is 2. The summed E-state index contributed by atoms with van der Waals surface area (Å²) in [5, 5.41) is 17.6. The van der Waals surface area contributed by atoms with E-state index in [2.05, 4.69) is 26.1 Å². The summed E-state index contributed by atoms with van der Waals surface area (Å²) in [4.78, 5) is 25.9. The zero-order valence-corrected chi connectivity index (χ0v) is 20.2. The van der Waals surface area contributed by atoms with Crippen LogP contribution in [0.25, 0.3) is 10.6 Å². The van der Waals surface area contributed by atoms with Gasteiger partial charge in [-0.05, 0) is 48.4 Å². The fourth-order valence-electron chi connectivity index (χ4n) is 3.72. The van der Waals surface area contributed by atoms with Gasteiger partial charge in [0.25, 0.3) is 0 Å². The molecular weight excluding hydrogens is 478 g/mol. The lowest BCUT2D eigenvalue weighted by atomic mass is 10.1. The summed E-state index contributed by atoms with van der Waals surface area (Å²) in [6, 6.07) is 21.1. The smallest absolute Gasteiger partial charge is 0.319 e. The van der Waals surface area contributed by atoms with E-state index in [9.17, 15) is 9.59 Å². The van der Waals surface area contributed by atoms with E-state index in [4.69, 9.17) is 9.47 Å². The van der Waals surface area contributed by atoms with E-state index in [1.54, 1.807) is 6.07 Å². The second-order valence-corrected chi connectivity index (χ2v) is 9.16. The molecule has 3 aromatic carbocycles. The normalized spacial score (nSPS) is 12.6. The van der Waals surface area contributed by atoms with E-state index >= 15 is 0 Å². The minimum Gasteiger partial charge on any atom is -0.454 e. The molecule has 1 atom stereocenters. The molecule has 0 radical (unpaired) electrons. The molecule has 9 nitrogen and oxygen atoms in total. The van der Waals surface area contributed by atoms with Gasteiger partial charge in [-0.2, -0.15) is 0 Å². The van der Waals surface area contributed by atoms with Crippen molar-refractivity contribution in [3.63, 3.8) is 0 Å². The van der Waals surface area contributed by atoms with Gasteiger partial charge in [0.2, 0.25) is 17.8 Å². The Bertz CT molecular complexity index is 1390. The first-order valence-electron chi connectivity index (χ1n) is 11.3. The summed E-state index contributed by atoms with van der Waals surface area (Å²) in [6.07, 6.45) is 0.307. The molecule has 1 aromatic heterocycles. The molecule has 4 aromatic rings. The zero-order chi connectivity index (χ0) is 24.9. The van der Waals surface area contributed by atoms with Crippen molar-refractivity contribution < 1.29 is 19.1 Å². The maximum Gasteiger partial charge on any atom is 0.319 e. The highest BCUT2D eigenvalue weighted by molar-refractivity contribution is 7.18. The van der Waals surface area contributed by atoms with Crippen molar-refractivity contribution in [3.8, 4) is 22.1 Å². The first-order chi connectivity index (χ1) is 17.5. The number of nitrogens with one attached hydrogen (secondary N) is 3. The largest absolute Gasteiger partial charge is 0.454 e. The van der Waals surface area contributed by atoms with Gasteiger partial charge in [0, 0.05) is 17.7 Å². The Labute approximate surface area is 211 Å². The van der Waals surface area contributed by atoms with Crippen LogP contribution < -0.4 is 25.4 Å². The average Bonchev–Trinajstić information content (AvgIpc) is 3.53. The van der Waals surface area contributed by atoms with Crippen LogP contribution in [0, 0.1) is 6.92 Å². The molecule has 2 heterocycles. The molecule has 0 bridgehead atoms. The third-order valence-electron chi connectivity index (χ3n) is 5.46. The van der Waals surface area contributed by atoms with Crippen LogP contribution in [-0.4, -0.2) is 35.0 Å². The predicted octanol–water partition coefficient (Wildman–Crippen LogP) is 4.61. The van der Waals surface area contributed by atoms with Crippen LogP contribution in [0.2, 0.25) is 0 Å². The number of benzene rings is 3. The van der Waals surface area contributed by atoms with E-state index in [1.165, 1.54) is 11.3 Å². The van der Waals surface area contributed by atoms with Crippen molar-refractivity contribution in [3.05, 3.63) is 83.9 Å². The number of hydrogen-bond acceptors (Lipinski definition) is 7. The number of ether oxygens (including phenoxy) is 2. The number of amides is 3. The van der Waals surface area contributed by atoms with Gasteiger partial charge in [0.15, 0.2) is 11.5 Å². The third kappa shape index (κ3) is 5.61. The van der Waals surface area contributed by atoms with Crippen LogP contribution in [-0.2, 0) is 11.2 Å². The Morgan fingerprint density at radius 2 is 1.78 bits per heavy atom. The number of urea groups is 1. The molecule has 0 fully saturated rings. The fraction of sp³-hybridized carbons (Fsp3) is 0.154. The number of fused-ring (bicyclic) bond motifs is 1. The molecule has 36 heavy (non-hydrogen) atoms. The lowest BCUT2D eigenvalue weighted by Crippen LogP contribution is -2.46. The van der Waals surface area contributed by atoms with E-state index in [0.717, 1.165) is 16.7 Å². The van der Waals surface area contributed by atoms with Gasteiger partial charge in [-0.3, -0.25) is 10.1 Å². The first kappa shape index (κ1) is 23.3. The predicted molar refractivity (Wildman–Crippen MR) is 137 cm³/mol. The maximum absolute atomic E-state index is 13.2. The second-order valence-electron chi connectivity index (χ2n) is 8.18. The molecule has 182 valence electrons. The summed E-state index contributed by atoms with van der Waals surface area (Å²) >= 11 is 1.23. The molecule has 0 spiro atoms. The molecule has 0 saturated heterocycles. The van der Waals surface area contributed by atoms with Crippen LogP contribution in [0.5, 0.6) is 11.5 Å². The Kier molecular flexibility index (Phi) is 6.76. The third-order valence-corrected chi connectivity index (χ3v) is 6.34. The summed E-state index contributed by atoms with van der Waals surface area (Å²) < 4.78 is 10.8. The topological polar surface area (TPSA) is 114 Å². The van der Waals surface area contributed by atoms with Crippen molar-refractivity contribution in [2.75, 3.05) is 17.4 Å². The molecule has 1 aliphatic rings. The summed E-state index contributed by atoms with van der Waals surface area (Å²) in [6.45, 7) is 2.12. The first-order valence-corrected chi connectivity index (χ1v) is 12.1. The molecule has 1 unspecified atom stereocenters. The number of aryl methyl sites for hydroxylation is 1. The van der Waals surface area contributed by atoms with Gasteiger partial charge in [0.05, 0.1) is 0 Å². The van der Waals surface area contributed by atoms with Crippen LogP contribution >= 0.6 is 11.3 Å². The lowest BCUT2D eigenvalue weighted by Gasteiger charge is -2.18. The summed E-state index contributed by atoms with van der Waals surface area (Å²) in [7, 11) is 0. The summed E-state index contributed by atoms with van der Waals surface area (Å²) in [5.41, 5.74) is 3.37. The van der Waals surface area contributed by atoms with Gasteiger partial charge >= 0.3 is 6.03 Å². The van der Waals surface area contributed by atoms with Crippen molar-refractivity contribution in [2.45, 2.75) is 19.4 Å². The number of anilines is 2. The van der Waals surface area contributed by atoms with Crippen molar-refractivity contribution in [1.29, 1.82) is 0 Å². The zero-order valence-electron chi connectivity index (χ0n) is 19.4. The number of rotatable bonds is 7. The van der Waals surface area contributed by atoms with Crippen LogP contribution in [0.3, 0.4) is 0 Å². The van der Waals surface area contributed by atoms with Gasteiger partial charge in [-0.1, -0.05) is 53.8 Å².